The quantitative estimate of drug-likeness (QED) is 0.549. The summed E-state index contributed by atoms with van der Waals surface area (Å²) in [6.45, 7) is 6.86. The Hall–Kier alpha value is -0.0400. The predicted molar refractivity (Wildman–Crippen MR) is 38.1 cm³/mol. The van der Waals surface area contributed by atoms with E-state index in [9.17, 15) is 0 Å². The van der Waals surface area contributed by atoms with Crippen molar-refractivity contribution in [2.75, 3.05) is 13.1 Å². The third-order valence-corrected chi connectivity index (χ3v) is 1.21. The number of hydrogen-bond acceptors (Lipinski definition) is 1. The highest BCUT2D eigenvalue weighted by molar-refractivity contribution is 4.56. The van der Waals surface area contributed by atoms with Crippen molar-refractivity contribution in [1.82, 2.24) is 5.32 Å². The van der Waals surface area contributed by atoms with Gasteiger partial charge in [-0.15, -0.1) is 0 Å². The maximum atomic E-state index is 3.11. The average molecular weight is 115 g/mol. The van der Waals surface area contributed by atoms with Crippen molar-refractivity contribution in [2.45, 2.75) is 33.1 Å². The Morgan fingerprint density at radius 2 is 1.38 bits per heavy atom. The van der Waals surface area contributed by atoms with Crippen molar-refractivity contribution < 1.29 is 0 Å². The molecule has 8 heavy (non-hydrogen) atoms. The fourth-order valence-corrected chi connectivity index (χ4v) is 0.177. The van der Waals surface area contributed by atoms with Crippen LogP contribution in [-0.4, -0.2) is 13.1 Å². The summed E-state index contributed by atoms with van der Waals surface area (Å²) in [5.41, 5.74) is 0. The summed E-state index contributed by atoms with van der Waals surface area (Å²) in [6.07, 6.45) is 4.03. The first-order valence-electron chi connectivity index (χ1n) is 3.62. The zero-order valence-electron chi connectivity index (χ0n) is 6.04. The summed E-state index contributed by atoms with van der Waals surface area (Å²) >= 11 is 0. The topological polar surface area (TPSA) is 12.0 Å². The van der Waals surface area contributed by atoms with Crippen LogP contribution in [0.5, 0.6) is 0 Å². The molecule has 1 aliphatic rings. The molecule has 0 aromatic rings. The summed E-state index contributed by atoms with van der Waals surface area (Å²) in [4.78, 5) is 0. The molecule has 1 heterocycles. The second kappa shape index (κ2) is 6.96. The van der Waals surface area contributed by atoms with Crippen LogP contribution in [0.4, 0.5) is 0 Å². The minimum absolute atomic E-state index is 1.25. The van der Waals surface area contributed by atoms with E-state index >= 15 is 0 Å². The molecule has 50 valence electrons. The van der Waals surface area contributed by atoms with Crippen LogP contribution in [-0.2, 0) is 0 Å². The Morgan fingerprint density at radius 1 is 1.12 bits per heavy atom. The molecule has 0 aromatic heterocycles. The standard InChI is InChI=1S/C4H10.C3H7N/c1-3-4-2;1-2-4-3-1/h3-4H2,1-2H3;4H,1-3H2. The SMILES string of the molecule is C1CNC1.CCCC. The summed E-state index contributed by atoms with van der Waals surface area (Å²) < 4.78 is 0. The van der Waals surface area contributed by atoms with Gasteiger partial charge in [0.15, 0.2) is 0 Å². The lowest BCUT2D eigenvalue weighted by Crippen LogP contribution is -2.29. The maximum absolute atomic E-state index is 3.11. The predicted octanol–water partition coefficient (Wildman–Crippen LogP) is 1.79. The smallest absolute Gasteiger partial charge is 0.00368 e. The van der Waals surface area contributed by atoms with E-state index in [2.05, 4.69) is 19.2 Å². The Kier molecular flexibility index (Phi) is 6.93. The molecule has 1 saturated heterocycles. The monoisotopic (exact) mass is 115 g/mol. The number of rotatable bonds is 1. The highest BCUT2D eigenvalue weighted by Crippen LogP contribution is 1.80. The molecule has 0 radical (unpaired) electrons. The number of unbranched alkanes of at least 4 members (excludes halogenated alkanes) is 1. The van der Waals surface area contributed by atoms with Gasteiger partial charge >= 0.3 is 0 Å². The van der Waals surface area contributed by atoms with Crippen LogP contribution in [0.1, 0.15) is 33.1 Å². The van der Waals surface area contributed by atoms with Crippen molar-refractivity contribution in [3.8, 4) is 0 Å². The van der Waals surface area contributed by atoms with E-state index in [0.29, 0.717) is 0 Å². The van der Waals surface area contributed by atoms with E-state index in [0.717, 1.165) is 0 Å². The van der Waals surface area contributed by atoms with Gasteiger partial charge in [-0.1, -0.05) is 26.7 Å². The molecule has 1 fully saturated rings. The molecule has 0 spiro atoms. The van der Waals surface area contributed by atoms with Gasteiger partial charge < -0.3 is 5.32 Å². The molecule has 0 unspecified atom stereocenters. The molecular formula is C7H17N. The van der Waals surface area contributed by atoms with Gasteiger partial charge in [0.05, 0.1) is 0 Å². The molecule has 1 N–H and O–H groups in total. The Labute approximate surface area is 52.5 Å². The van der Waals surface area contributed by atoms with Crippen molar-refractivity contribution in [3.05, 3.63) is 0 Å². The first kappa shape index (κ1) is 7.96. The van der Waals surface area contributed by atoms with Crippen LogP contribution in [0.15, 0.2) is 0 Å². The van der Waals surface area contributed by atoms with Crippen LogP contribution < -0.4 is 5.32 Å². The molecule has 0 bridgehead atoms. The van der Waals surface area contributed by atoms with Gasteiger partial charge in [0.25, 0.3) is 0 Å². The summed E-state index contributed by atoms with van der Waals surface area (Å²) in [7, 11) is 0. The van der Waals surface area contributed by atoms with E-state index in [4.69, 9.17) is 0 Å². The van der Waals surface area contributed by atoms with Crippen LogP contribution in [0.3, 0.4) is 0 Å². The largest absolute Gasteiger partial charge is 0.317 e. The molecule has 0 atom stereocenters. The van der Waals surface area contributed by atoms with Crippen molar-refractivity contribution in [1.29, 1.82) is 0 Å². The third-order valence-electron chi connectivity index (χ3n) is 1.21. The van der Waals surface area contributed by atoms with E-state index in [1.165, 1.54) is 32.4 Å². The zero-order valence-corrected chi connectivity index (χ0v) is 6.04. The van der Waals surface area contributed by atoms with E-state index < -0.39 is 0 Å². The Morgan fingerprint density at radius 3 is 1.38 bits per heavy atom. The van der Waals surface area contributed by atoms with Crippen LogP contribution >= 0.6 is 0 Å². The molecule has 0 amide bonds. The Balaban J connectivity index is 0.000000122. The summed E-state index contributed by atoms with van der Waals surface area (Å²) in [5, 5.41) is 3.11. The Bertz CT molecular complexity index is 25.4. The van der Waals surface area contributed by atoms with Crippen LogP contribution in [0, 0.1) is 0 Å². The minimum Gasteiger partial charge on any atom is -0.317 e. The van der Waals surface area contributed by atoms with Gasteiger partial charge in [0, 0.05) is 0 Å². The molecule has 0 aliphatic carbocycles. The van der Waals surface area contributed by atoms with Gasteiger partial charge in [-0.05, 0) is 19.5 Å². The minimum atomic E-state index is 1.25. The van der Waals surface area contributed by atoms with Gasteiger partial charge in [0.2, 0.25) is 0 Å². The molecule has 0 aromatic carbocycles. The molecule has 0 saturated carbocycles. The highest BCUT2D eigenvalue weighted by Gasteiger charge is 1.92. The van der Waals surface area contributed by atoms with Crippen molar-refractivity contribution >= 4 is 0 Å². The van der Waals surface area contributed by atoms with Gasteiger partial charge in [-0.3, -0.25) is 0 Å². The second-order valence-electron chi connectivity index (χ2n) is 2.10. The van der Waals surface area contributed by atoms with E-state index in [-0.39, 0.29) is 0 Å². The second-order valence-corrected chi connectivity index (χ2v) is 2.10. The van der Waals surface area contributed by atoms with Crippen molar-refractivity contribution in [3.63, 3.8) is 0 Å². The van der Waals surface area contributed by atoms with Gasteiger partial charge in [-0.25, -0.2) is 0 Å². The fraction of sp³-hybridized carbons (Fsp3) is 1.00. The molecule has 1 heteroatoms. The molecule has 1 nitrogen and oxygen atoms in total. The van der Waals surface area contributed by atoms with Gasteiger partial charge in [0.1, 0.15) is 0 Å². The molecule has 1 aliphatic heterocycles. The molecular weight excluding hydrogens is 98.1 g/mol. The number of hydrogen-bond donors (Lipinski definition) is 1. The first-order chi connectivity index (χ1) is 3.91. The number of nitrogens with one attached hydrogen (secondary N) is 1. The highest BCUT2D eigenvalue weighted by atomic mass is 14.9. The first-order valence-corrected chi connectivity index (χ1v) is 3.62. The lowest BCUT2D eigenvalue weighted by molar-refractivity contribution is 0.527. The van der Waals surface area contributed by atoms with Crippen LogP contribution in [0.25, 0.3) is 0 Å². The van der Waals surface area contributed by atoms with Gasteiger partial charge in [-0.2, -0.15) is 0 Å². The summed E-state index contributed by atoms with van der Waals surface area (Å²) in [5.74, 6) is 0. The van der Waals surface area contributed by atoms with Crippen molar-refractivity contribution in [2.24, 2.45) is 0 Å². The van der Waals surface area contributed by atoms with Crippen LogP contribution in [0.2, 0.25) is 0 Å². The normalized spacial score (nSPS) is 15.8. The lowest BCUT2D eigenvalue weighted by atomic mass is 10.3. The third kappa shape index (κ3) is 5.96. The maximum Gasteiger partial charge on any atom is -0.00368 e. The van der Waals surface area contributed by atoms with E-state index in [1.807, 2.05) is 0 Å². The lowest BCUT2D eigenvalue weighted by Gasteiger charge is -2.09. The molecule has 1 rings (SSSR count). The summed E-state index contributed by atoms with van der Waals surface area (Å²) in [6, 6.07) is 0. The fourth-order valence-electron chi connectivity index (χ4n) is 0.177. The zero-order chi connectivity index (χ0) is 6.24. The average Bonchev–Trinajstić information content (AvgIpc) is 1.61. The van der Waals surface area contributed by atoms with E-state index in [1.54, 1.807) is 0 Å².